The van der Waals surface area contributed by atoms with Gasteiger partial charge >= 0.3 is 24.1 Å². The minimum atomic E-state index is -1.00. The molecule has 0 aromatic heterocycles. The van der Waals surface area contributed by atoms with Crippen LogP contribution in [0.2, 0.25) is 0 Å². The molecule has 2 aliphatic rings. The lowest BCUT2D eigenvalue weighted by atomic mass is 9.94. The largest absolute Gasteiger partial charge is 0.461 e. The minimum absolute atomic E-state index is 0.0778. The van der Waals surface area contributed by atoms with E-state index in [9.17, 15) is 19.2 Å². The van der Waals surface area contributed by atoms with Crippen LogP contribution in [0.25, 0.3) is 0 Å². The van der Waals surface area contributed by atoms with E-state index >= 15 is 0 Å². The first-order valence-electron chi connectivity index (χ1n) is 15.7. The number of hydrogen-bond acceptors (Lipinski definition) is 11. The van der Waals surface area contributed by atoms with Gasteiger partial charge in [-0.15, -0.1) is 0 Å². The SMILES string of the molecule is CC(C)(COCCOC(=O)C1(NC(=O)OC(C)(C)C)CC1)COCC(C)(C)COCCOC(=O)C1(NC(=O)OC(C)(C)C)CC1. The van der Waals surface area contributed by atoms with Crippen LogP contribution in [0.15, 0.2) is 0 Å². The highest BCUT2D eigenvalue weighted by Gasteiger charge is 2.54. The molecule has 0 radical (unpaired) electrons. The van der Waals surface area contributed by atoms with Crippen molar-refractivity contribution in [3.05, 3.63) is 0 Å². The Bertz CT molecular complexity index is 939. The van der Waals surface area contributed by atoms with Gasteiger partial charge in [0.2, 0.25) is 0 Å². The first-order valence-corrected chi connectivity index (χ1v) is 15.7. The zero-order valence-corrected chi connectivity index (χ0v) is 29.0. The quantitative estimate of drug-likeness (QED) is 0.125. The molecule has 2 saturated carbocycles. The number of amides is 2. The molecular formula is C32H56N2O11. The van der Waals surface area contributed by atoms with Gasteiger partial charge in [-0.1, -0.05) is 27.7 Å². The Morgan fingerprint density at radius 1 is 0.511 bits per heavy atom. The van der Waals surface area contributed by atoms with Crippen LogP contribution in [0.4, 0.5) is 9.59 Å². The van der Waals surface area contributed by atoms with Crippen LogP contribution in [-0.4, -0.2) is 99.3 Å². The summed E-state index contributed by atoms with van der Waals surface area (Å²) < 4.78 is 38.6. The lowest BCUT2D eigenvalue weighted by Crippen LogP contribution is -2.46. The van der Waals surface area contributed by atoms with E-state index in [1.165, 1.54) is 0 Å². The molecule has 0 bridgehead atoms. The summed E-state index contributed by atoms with van der Waals surface area (Å²) in [6, 6.07) is 0. The van der Waals surface area contributed by atoms with Crippen molar-refractivity contribution in [1.29, 1.82) is 0 Å². The lowest BCUT2D eigenvalue weighted by molar-refractivity contribution is -0.150. The van der Waals surface area contributed by atoms with Crippen LogP contribution in [0.1, 0.15) is 94.9 Å². The zero-order chi connectivity index (χ0) is 34.2. The maximum atomic E-state index is 12.5. The van der Waals surface area contributed by atoms with Crippen LogP contribution in [0.5, 0.6) is 0 Å². The van der Waals surface area contributed by atoms with Gasteiger partial charge in [-0.05, 0) is 67.2 Å². The minimum Gasteiger partial charge on any atom is -0.461 e. The molecule has 13 heteroatoms. The molecule has 0 atom stereocenters. The van der Waals surface area contributed by atoms with E-state index in [4.69, 9.17) is 33.2 Å². The van der Waals surface area contributed by atoms with Gasteiger partial charge < -0.3 is 43.8 Å². The van der Waals surface area contributed by atoms with Gasteiger partial charge in [0.25, 0.3) is 0 Å². The van der Waals surface area contributed by atoms with Crippen molar-refractivity contribution in [2.45, 2.75) is 117 Å². The number of carbonyl (C=O) groups excluding carboxylic acids is 4. The van der Waals surface area contributed by atoms with Crippen molar-refractivity contribution >= 4 is 24.1 Å². The third kappa shape index (κ3) is 15.0. The second-order valence-electron chi connectivity index (χ2n) is 15.6. The number of esters is 2. The zero-order valence-electron chi connectivity index (χ0n) is 29.0. The van der Waals surface area contributed by atoms with E-state index in [0.717, 1.165) is 0 Å². The predicted octanol–water partition coefficient (Wildman–Crippen LogP) is 4.29. The van der Waals surface area contributed by atoms with E-state index in [1.807, 2.05) is 27.7 Å². The fourth-order valence-corrected chi connectivity index (χ4v) is 4.06. The first-order chi connectivity index (χ1) is 20.6. The smallest absolute Gasteiger partial charge is 0.408 e. The van der Waals surface area contributed by atoms with Crippen LogP contribution >= 0.6 is 0 Å². The summed E-state index contributed by atoms with van der Waals surface area (Å²) in [6.07, 6.45) is 0.787. The molecule has 0 heterocycles. The molecule has 260 valence electrons. The monoisotopic (exact) mass is 644 g/mol. The first kappa shape index (κ1) is 38.5. The second kappa shape index (κ2) is 15.3. The van der Waals surface area contributed by atoms with Crippen LogP contribution in [0.3, 0.4) is 0 Å². The maximum absolute atomic E-state index is 12.5. The average Bonchev–Trinajstić information content (AvgIpc) is 3.78. The number of carbonyl (C=O) groups is 4. The Hall–Kier alpha value is -2.64. The van der Waals surface area contributed by atoms with Crippen LogP contribution in [-0.2, 0) is 42.7 Å². The summed E-state index contributed by atoms with van der Waals surface area (Å²) in [5.41, 5.74) is -3.87. The van der Waals surface area contributed by atoms with Crippen LogP contribution in [0, 0.1) is 10.8 Å². The third-order valence-corrected chi connectivity index (χ3v) is 6.65. The van der Waals surface area contributed by atoms with E-state index in [0.29, 0.717) is 52.1 Å². The Labute approximate surface area is 268 Å². The summed E-state index contributed by atoms with van der Waals surface area (Å²) in [7, 11) is 0. The molecule has 0 unspecified atom stereocenters. The molecule has 2 rings (SSSR count). The summed E-state index contributed by atoms with van der Waals surface area (Å²) in [4.78, 5) is 49.0. The molecule has 0 aromatic rings. The van der Waals surface area contributed by atoms with Crippen LogP contribution < -0.4 is 10.6 Å². The number of hydrogen-bond donors (Lipinski definition) is 2. The maximum Gasteiger partial charge on any atom is 0.408 e. The fraction of sp³-hybridized carbons (Fsp3) is 0.875. The van der Waals surface area contributed by atoms with Gasteiger partial charge in [-0.2, -0.15) is 0 Å². The standard InChI is InChI=1S/C32H56N2O11/c1-27(2,3)44-25(37)33-31(11-12-31)23(35)42-17-15-39-19-29(7,8)21-41-22-30(9,10)20-40-16-18-43-24(36)32(13-14-32)34-26(38)45-28(4,5)6/h11-22H2,1-10H3,(H,33,37)(H,34,38). The van der Waals surface area contributed by atoms with Gasteiger partial charge in [0.1, 0.15) is 35.5 Å². The van der Waals surface area contributed by atoms with Crippen molar-refractivity contribution < 1.29 is 52.3 Å². The van der Waals surface area contributed by atoms with Crippen molar-refractivity contribution in [2.24, 2.45) is 10.8 Å². The third-order valence-electron chi connectivity index (χ3n) is 6.65. The second-order valence-corrected chi connectivity index (χ2v) is 15.6. The van der Waals surface area contributed by atoms with Crippen molar-refractivity contribution in [3.8, 4) is 0 Å². The number of rotatable bonds is 18. The predicted molar refractivity (Wildman–Crippen MR) is 165 cm³/mol. The summed E-state index contributed by atoms with van der Waals surface area (Å²) >= 11 is 0. The summed E-state index contributed by atoms with van der Waals surface area (Å²) in [5.74, 6) is -0.964. The molecule has 2 amide bonds. The molecule has 2 fully saturated rings. The van der Waals surface area contributed by atoms with Crippen molar-refractivity contribution in [2.75, 3.05) is 52.9 Å². The molecule has 0 spiro atoms. The molecule has 13 nitrogen and oxygen atoms in total. The topological polar surface area (TPSA) is 157 Å². The van der Waals surface area contributed by atoms with Crippen molar-refractivity contribution in [3.63, 3.8) is 0 Å². The Kier molecular flexibility index (Phi) is 13.1. The molecule has 2 aliphatic carbocycles. The normalized spacial score (nSPS) is 17.1. The highest BCUT2D eigenvalue weighted by molar-refractivity contribution is 5.89. The highest BCUT2D eigenvalue weighted by Crippen LogP contribution is 2.38. The lowest BCUT2D eigenvalue weighted by Gasteiger charge is -2.29. The summed E-state index contributed by atoms with van der Waals surface area (Å²) in [5, 5.41) is 5.26. The highest BCUT2D eigenvalue weighted by atomic mass is 16.6. The Morgan fingerprint density at radius 3 is 1.11 bits per heavy atom. The Balaban J connectivity index is 1.55. The summed E-state index contributed by atoms with van der Waals surface area (Å²) in [6.45, 7) is 20.9. The van der Waals surface area contributed by atoms with Gasteiger partial charge in [-0.3, -0.25) is 0 Å². The van der Waals surface area contributed by atoms with E-state index < -0.39 is 46.4 Å². The van der Waals surface area contributed by atoms with Gasteiger partial charge in [0, 0.05) is 10.8 Å². The van der Waals surface area contributed by atoms with E-state index in [-0.39, 0.29) is 37.3 Å². The Morgan fingerprint density at radius 2 is 0.822 bits per heavy atom. The van der Waals surface area contributed by atoms with Gasteiger partial charge in [-0.25, -0.2) is 19.2 Å². The van der Waals surface area contributed by atoms with Crippen molar-refractivity contribution in [1.82, 2.24) is 10.6 Å². The molecule has 2 N–H and O–H groups in total. The van der Waals surface area contributed by atoms with Gasteiger partial charge in [0.05, 0.1) is 39.6 Å². The average molecular weight is 645 g/mol. The van der Waals surface area contributed by atoms with E-state index in [2.05, 4.69) is 10.6 Å². The number of alkyl carbamates (subject to hydrolysis) is 2. The molecule has 0 aromatic carbocycles. The molecule has 0 saturated heterocycles. The molecule has 45 heavy (non-hydrogen) atoms. The number of ether oxygens (including phenoxy) is 7. The van der Waals surface area contributed by atoms with Gasteiger partial charge in [0.15, 0.2) is 0 Å². The van der Waals surface area contributed by atoms with E-state index in [1.54, 1.807) is 41.5 Å². The molecular weight excluding hydrogens is 588 g/mol. The number of nitrogens with one attached hydrogen (secondary N) is 2. The molecule has 0 aliphatic heterocycles. The fourth-order valence-electron chi connectivity index (χ4n) is 4.06.